The summed E-state index contributed by atoms with van der Waals surface area (Å²) in [6.45, 7) is 13.0. The van der Waals surface area contributed by atoms with Gasteiger partial charge in [-0.25, -0.2) is 0 Å². The van der Waals surface area contributed by atoms with E-state index >= 15 is 0 Å². The molecule has 4 saturated heterocycles. The van der Waals surface area contributed by atoms with Gasteiger partial charge in [-0.05, 0) is 80.0 Å². The molecule has 0 bridgehead atoms. The van der Waals surface area contributed by atoms with Gasteiger partial charge in [-0.2, -0.15) is 0 Å². The summed E-state index contributed by atoms with van der Waals surface area (Å²) >= 11 is 0. The molecule has 4 saturated carbocycles. The van der Waals surface area contributed by atoms with Crippen molar-refractivity contribution in [3.05, 3.63) is 0 Å². The van der Waals surface area contributed by atoms with Crippen LogP contribution in [0.15, 0.2) is 0 Å². The second-order valence-corrected chi connectivity index (χ2v) is 17.0. The molecule has 43 heavy (non-hydrogen) atoms. The lowest BCUT2D eigenvalue weighted by Crippen LogP contribution is -2.67. The molecule has 4 aliphatic carbocycles. The molecule has 2 amide bonds. The van der Waals surface area contributed by atoms with Gasteiger partial charge in [-0.15, -0.1) is 0 Å². The van der Waals surface area contributed by atoms with Gasteiger partial charge in [-0.1, -0.05) is 27.7 Å². The molecule has 8 aliphatic rings. The number of likely N-dealkylation sites (tertiary alicyclic amines) is 1. The van der Waals surface area contributed by atoms with Crippen molar-refractivity contribution in [2.45, 2.75) is 110 Å². The Balaban J connectivity index is 0.913. The molecule has 8 heteroatoms. The molecule has 0 aromatic carbocycles. The highest BCUT2D eigenvalue weighted by Gasteiger charge is 2.71. The zero-order valence-electron chi connectivity index (χ0n) is 26.7. The van der Waals surface area contributed by atoms with Gasteiger partial charge < -0.3 is 24.4 Å². The first-order valence-corrected chi connectivity index (χ1v) is 17.5. The number of nitrogens with one attached hydrogen (secondary N) is 1. The first-order chi connectivity index (χ1) is 20.5. The van der Waals surface area contributed by atoms with Gasteiger partial charge in [0.25, 0.3) is 0 Å². The number of rotatable bonds is 3. The lowest BCUT2D eigenvalue weighted by atomic mass is 9.44. The Morgan fingerprint density at radius 3 is 2.49 bits per heavy atom. The summed E-state index contributed by atoms with van der Waals surface area (Å²) < 4.78 is 18.6. The van der Waals surface area contributed by atoms with E-state index in [-0.39, 0.29) is 58.5 Å². The fourth-order valence-corrected chi connectivity index (χ4v) is 12.1. The van der Waals surface area contributed by atoms with Crippen molar-refractivity contribution in [1.82, 2.24) is 10.2 Å². The van der Waals surface area contributed by atoms with Crippen LogP contribution < -0.4 is 5.32 Å². The Hall–Kier alpha value is -1.51. The third-order valence-electron chi connectivity index (χ3n) is 14.7. The minimum absolute atomic E-state index is 0.0526. The summed E-state index contributed by atoms with van der Waals surface area (Å²) in [7, 11) is 0. The Bertz CT molecular complexity index is 1180. The highest BCUT2D eigenvalue weighted by Crippen LogP contribution is 2.70. The van der Waals surface area contributed by atoms with E-state index in [0.29, 0.717) is 41.8 Å². The van der Waals surface area contributed by atoms with Gasteiger partial charge in [0, 0.05) is 49.2 Å². The number of hydrogen-bond donors (Lipinski definition) is 1. The van der Waals surface area contributed by atoms with E-state index in [1.54, 1.807) is 4.90 Å². The van der Waals surface area contributed by atoms with Gasteiger partial charge in [0.15, 0.2) is 5.79 Å². The standard InChI is InChI=1S/C35H52N2O6/c1-20-7-10-35(42-15-20)21(2)31-27(43-35)12-26-24-6-5-22-11-23(8-9-32(22,3)25(24)13-28(38)33(26,31)4)36-29(39)14-30(40)37-16-34(17-37)18-41-19-34/h20-27,31H,5-19H2,1-4H3,(H,36,39)/t20-,21+,22+,23?,24-,25+,26+,27+,31+,32+,33-,35-/m1/s1. The topological polar surface area (TPSA) is 94.2 Å². The van der Waals surface area contributed by atoms with Gasteiger partial charge >= 0.3 is 0 Å². The normalized spacial score (nSPS) is 51.1. The van der Waals surface area contributed by atoms with E-state index in [4.69, 9.17) is 14.2 Å². The number of amides is 2. The monoisotopic (exact) mass is 596 g/mol. The average molecular weight is 597 g/mol. The molecular formula is C35H52N2O6. The molecule has 0 aromatic rings. The fraction of sp³-hybridized carbons (Fsp3) is 0.914. The van der Waals surface area contributed by atoms with Gasteiger partial charge in [-0.3, -0.25) is 14.4 Å². The van der Waals surface area contributed by atoms with Crippen LogP contribution in [0.4, 0.5) is 0 Å². The molecule has 4 heterocycles. The molecular weight excluding hydrogens is 544 g/mol. The highest BCUT2D eigenvalue weighted by atomic mass is 16.7. The predicted octanol–water partition coefficient (Wildman–Crippen LogP) is 4.35. The first kappa shape index (κ1) is 28.9. The van der Waals surface area contributed by atoms with Crippen LogP contribution >= 0.6 is 0 Å². The van der Waals surface area contributed by atoms with Crippen molar-refractivity contribution >= 4 is 17.6 Å². The van der Waals surface area contributed by atoms with Crippen molar-refractivity contribution in [3.8, 4) is 0 Å². The van der Waals surface area contributed by atoms with Crippen molar-refractivity contribution < 1.29 is 28.6 Å². The Labute approximate surface area is 256 Å². The number of carbonyl (C=O) groups is 3. The maximum Gasteiger partial charge on any atom is 0.232 e. The Morgan fingerprint density at radius 1 is 1.00 bits per heavy atom. The lowest BCUT2D eigenvalue weighted by Gasteiger charge is -2.60. The van der Waals surface area contributed by atoms with Crippen LogP contribution in [-0.2, 0) is 28.6 Å². The summed E-state index contributed by atoms with van der Waals surface area (Å²) in [5, 5.41) is 3.23. The molecule has 12 atom stereocenters. The van der Waals surface area contributed by atoms with Gasteiger partial charge in [0.05, 0.1) is 31.3 Å². The van der Waals surface area contributed by atoms with E-state index in [1.807, 2.05) is 0 Å². The van der Waals surface area contributed by atoms with Crippen LogP contribution in [-0.4, -0.2) is 73.3 Å². The summed E-state index contributed by atoms with van der Waals surface area (Å²) in [4.78, 5) is 41.7. The van der Waals surface area contributed by atoms with E-state index in [1.165, 1.54) is 12.8 Å². The predicted molar refractivity (Wildman–Crippen MR) is 158 cm³/mol. The SMILES string of the molecule is C[C@@H]1CC[C@@]2(OC1)O[C@H]1C[C@H]3[C@@H]4CC[C@H]5CC(NC(=O)CC(=O)N6CC7(COC7)C6)CC[C@]5(C)[C@H]4CC(=O)[C@]3(C)[C@H]1[C@@H]2C. The largest absolute Gasteiger partial charge is 0.380 e. The number of carbonyl (C=O) groups excluding carboxylic acids is 3. The van der Waals surface area contributed by atoms with E-state index < -0.39 is 5.79 Å². The number of ketones is 1. The molecule has 2 spiro atoms. The molecule has 0 aromatic heterocycles. The number of Topliss-reactive ketones (excluding diaryl/α,β-unsaturated/α-hetero) is 1. The zero-order chi connectivity index (χ0) is 29.9. The molecule has 8 nitrogen and oxygen atoms in total. The Kier molecular flexibility index (Phi) is 6.56. The number of fused-ring (bicyclic) bond motifs is 7. The third kappa shape index (κ3) is 4.13. The van der Waals surface area contributed by atoms with Crippen molar-refractivity contribution in [1.29, 1.82) is 0 Å². The van der Waals surface area contributed by atoms with Gasteiger partial charge in [0.2, 0.25) is 11.8 Å². The van der Waals surface area contributed by atoms with E-state index in [9.17, 15) is 14.4 Å². The number of nitrogens with zero attached hydrogens (tertiary/aromatic N) is 1. The Morgan fingerprint density at radius 2 is 1.79 bits per heavy atom. The van der Waals surface area contributed by atoms with Crippen LogP contribution in [0, 0.1) is 57.7 Å². The molecule has 8 fully saturated rings. The third-order valence-corrected chi connectivity index (χ3v) is 14.7. The van der Waals surface area contributed by atoms with Crippen LogP contribution in [0.1, 0.15) is 91.9 Å². The number of hydrogen-bond acceptors (Lipinski definition) is 6. The molecule has 238 valence electrons. The van der Waals surface area contributed by atoms with E-state index in [0.717, 1.165) is 71.4 Å². The second kappa shape index (κ2) is 9.75. The second-order valence-electron chi connectivity index (χ2n) is 17.0. The summed E-state index contributed by atoms with van der Waals surface area (Å²) in [6, 6.07) is 0.122. The quantitative estimate of drug-likeness (QED) is 0.487. The minimum atomic E-state index is -0.493. The van der Waals surface area contributed by atoms with Crippen molar-refractivity contribution in [3.63, 3.8) is 0 Å². The first-order valence-electron chi connectivity index (χ1n) is 17.5. The molecule has 0 radical (unpaired) electrons. The van der Waals surface area contributed by atoms with Crippen LogP contribution in [0.25, 0.3) is 0 Å². The lowest BCUT2D eigenvalue weighted by molar-refractivity contribution is -0.272. The molecule has 4 aliphatic heterocycles. The number of ether oxygens (including phenoxy) is 3. The molecule has 1 unspecified atom stereocenters. The summed E-state index contributed by atoms with van der Waals surface area (Å²) in [6.07, 6.45) is 9.12. The average Bonchev–Trinajstić information content (AvgIpc) is 3.36. The molecule has 8 rings (SSSR count). The zero-order valence-corrected chi connectivity index (χ0v) is 26.7. The maximum atomic E-state index is 14.3. The van der Waals surface area contributed by atoms with Gasteiger partial charge in [0.1, 0.15) is 12.2 Å². The van der Waals surface area contributed by atoms with E-state index in [2.05, 4.69) is 33.0 Å². The smallest absolute Gasteiger partial charge is 0.232 e. The summed E-state index contributed by atoms with van der Waals surface area (Å²) in [5.41, 5.74) is -0.0182. The van der Waals surface area contributed by atoms with Crippen LogP contribution in [0.2, 0.25) is 0 Å². The molecule has 1 N–H and O–H groups in total. The fourth-order valence-electron chi connectivity index (χ4n) is 12.1. The summed E-state index contributed by atoms with van der Waals surface area (Å²) in [5.74, 6) is 2.73. The van der Waals surface area contributed by atoms with Crippen molar-refractivity contribution in [2.24, 2.45) is 57.7 Å². The van der Waals surface area contributed by atoms with Crippen LogP contribution in [0.5, 0.6) is 0 Å². The highest BCUT2D eigenvalue weighted by molar-refractivity contribution is 5.97. The van der Waals surface area contributed by atoms with Crippen LogP contribution in [0.3, 0.4) is 0 Å². The minimum Gasteiger partial charge on any atom is -0.380 e. The maximum absolute atomic E-state index is 14.3. The van der Waals surface area contributed by atoms with Crippen molar-refractivity contribution in [2.75, 3.05) is 32.9 Å².